The van der Waals surface area contributed by atoms with E-state index < -0.39 is 17.3 Å². The zero-order chi connectivity index (χ0) is 12.1. The number of carboxylic acids is 1. The number of aromatic carboxylic acids is 1. The second-order valence-corrected chi connectivity index (χ2v) is 4.62. The summed E-state index contributed by atoms with van der Waals surface area (Å²) in [6, 6.07) is 3.87. The van der Waals surface area contributed by atoms with E-state index >= 15 is 0 Å². The quantitative estimate of drug-likeness (QED) is 0.869. The van der Waals surface area contributed by atoms with Crippen LogP contribution in [0.4, 0.5) is 8.78 Å². The molecule has 1 unspecified atom stereocenters. The zero-order valence-electron chi connectivity index (χ0n) is 8.43. The Labute approximate surface area is 95.8 Å². The summed E-state index contributed by atoms with van der Waals surface area (Å²) >= 11 is 5.83. The maximum Gasteiger partial charge on any atom is 0.335 e. The summed E-state index contributed by atoms with van der Waals surface area (Å²) in [5.41, 5.74) is -0.938. The minimum Gasteiger partial charge on any atom is -0.478 e. The summed E-state index contributed by atoms with van der Waals surface area (Å²) < 4.78 is 26.3. The van der Waals surface area contributed by atoms with E-state index in [1.807, 2.05) is 0 Å². The van der Waals surface area contributed by atoms with Gasteiger partial charge in [0, 0.05) is 11.4 Å². The van der Waals surface area contributed by atoms with Crippen LogP contribution in [-0.2, 0) is 5.41 Å². The first-order valence-electron chi connectivity index (χ1n) is 4.69. The number of carboxylic acid groups (broad SMARTS) is 1. The van der Waals surface area contributed by atoms with E-state index in [1.165, 1.54) is 25.1 Å². The first-order valence-corrected chi connectivity index (χ1v) is 5.07. The average molecular weight is 247 g/mol. The van der Waals surface area contributed by atoms with E-state index in [-0.39, 0.29) is 17.0 Å². The van der Waals surface area contributed by atoms with Crippen molar-refractivity contribution >= 4 is 17.6 Å². The van der Waals surface area contributed by atoms with Gasteiger partial charge >= 0.3 is 5.97 Å². The minimum absolute atomic E-state index is 0.00122. The summed E-state index contributed by atoms with van der Waals surface area (Å²) in [4.78, 5) is 10.7. The van der Waals surface area contributed by atoms with Gasteiger partial charge in [0.2, 0.25) is 0 Å². The van der Waals surface area contributed by atoms with Crippen LogP contribution in [0.25, 0.3) is 0 Å². The van der Waals surface area contributed by atoms with Crippen molar-refractivity contribution in [3.63, 3.8) is 0 Å². The van der Waals surface area contributed by atoms with E-state index in [0.29, 0.717) is 5.56 Å². The third kappa shape index (κ3) is 1.48. The number of rotatable bonds is 2. The first kappa shape index (κ1) is 11.3. The third-order valence-corrected chi connectivity index (χ3v) is 3.38. The SMILES string of the molecule is CC1(c2ccc(C(=O)O)cc2Cl)CC1(F)F. The van der Waals surface area contributed by atoms with Crippen molar-refractivity contribution in [3.8, 4) is 0 Å². The fourth-order valence-corrected chi connectivity index (χ4v) is 2.18. The lowest BCUT2D eigenvalue weighted by Crippen LogP contribution is -2.12. The van der Waals surface area contributed by atoms with Crippen molar-refractivity contribution in [2.75, 3.05) is 0 Å². The second-order valence-electron chi connectivity index (χ2n) is 4.21. The molecule has 2 rings (SSSR count). The van der Waals surface area contributed by atoms with Crippen LogP contribution in [0, 0.1) is 0 Å². The molecule has 0 radical (unpaired) electrons. The number of hydrogen-bond donors (Lipinski definition) is 1. The molecule has 1 fully saturated rings. The van der Waals surface area contributed by atoms with Crippen LogP contribution in [0.1, 0.15) is 29.3 Å². The Hall–Kier alpha value is -1.16. The highest BCUT2D eigenvalue weighted by Crippen LogP contribution is 2.62. The van der Waals surface area contributed by atoms with E-state index in [4.69, 9.17) is 16.7 Å². The Morgan fingerprint density at radius 1 is 1.50 bits per heavy atom. The highest BCUT2D eigenvalue weighted by Gasteiger charge is 2.69. The Balaban J connectivity index is 2.42. The fourth-order valence-electron chi connectivity index (χ4n) is 1.79. The van der Waals surface area contributed by atoms with E-state index in [2.05, 4.69) is 0 Å². The molecule has 1 N–H and O–H groups in total. The highest BCUT2D eigenvalue weighted by atomic mass is 35.5. The van der Waals surface area contributed by atoms with Gasteiger partial charge in [0.1, 0.15) is 0 Å². The van der Waals surface area contributed by atoms with Gasteiger partial charge < -0.3 is 5.11 Å². The number of halogens is 3. The van der Waals surface area contributed by atoms with Gasteiger partial charge in [0.25, 0.3) is 5.92 Å². The van der Waals surface area contributed by atoms with Crippen LogP contribution in [0.15, 0.2) is 18.2 Å². The van der Waals surface area contributed by atoms with Crippen molar-refractivity contribution in [3.05, 3.63) is 34.3 Å². The van der Waals surface area contributed by atoms with Crippen LogP contribution in [-0.4, -0.2) is 17.0 Å². The van der Waals surface area contributed by atoms with Gasteiger partial charge in [0.05, 0.1) is 11.0 Å². The standard InChI is InChI=1S/C11H9ClF2O2/c1-10(5-11(10,13)14)7-3-2-6(9(15)16)4-8(7)12/h2-4H,5H2,1H3,(H,15,16). The summed E-state index contributed by atoms with van der Waals surface area (Å²) in [5.74, 6) is -3.87. The van der Waals surface area contributed by atoms with Crippen molar-refractivity contribution in [2.24, 2.45) is 0 Å². The number of carbonyl (C=O) groups is 1. The molecule has 86 valence electrons. The fraction of sp³-hybridized carbons (Fsp3) is 0.364. The lowest BCUT2D eigenvalue weighted by Gasteiger charge is -2.12. The van der Waals surface area contributed by atoms with Crippen LogP contribution < -0.4 is 0 Å². The van der Waals surface area contributed by atoms with Gasteiger partial charge in [-0.1, -0.05) is 17.7 Å². The van der Waals surface area contributed by atoms with Gasteiger partial charge in [0.15, 0.2) is 0 Å². The Morgan fingerprint density at radius 3 is 2.44 bits per heavy atom. The predicted octanol–water partition coefficient (Wildman–Crippen LogP) is 3.33. The summed E-state index contributed by atoms with van der Waals surface area (Å²) in [5, 5.41) is 8.80. The van der Waals surface area contributed by atoms with Crippen molar-refractivity contribution < 1.29 is 18.7 Å². The molecule has 0 aliphatic heterocycles. The van der Waals surface area contributed by atoms with Crippen LogP contribution in [0.2, 0.25) is 5.02 Å². The van der Waals surface area contributed by atoms with Gasteiger partial charge in [-0.3, -0.25) is 0 Å². The summed E-state index contributed by atoms with van der Waals surface area (Å²) in [7, 11) is 0. The number of benzene rings is 1. The smallest absolute Gasteiger partial charge is 0.335 e. The lowest BCUT2D eigenvalue weighted by atomic mass is 9.96. The first-order chi connectivity index (χ1) is 7.28. The van der Waals surface area contributed by atoms with Crippen LogP contribution in [0.5, 0.6) is 0 Å². The molecule has 0 bridgehead atoms. The summed E-state index contributed by atoms with van der Waals surface area (Å²) in [6.45, 7) is 1.43. The minimum atomic E-state index is -2.75. The number of hydrogen-bond acceptors (Lipinski definition) is 1. The normalized spacial score (nSPS) is 26.5. The molecule has 5 heteroatoms. The van der Waals surface area contributed by atoms with Gasteiger partial charge in [-0.05, 0) is 24.6 Å². The molecule has 0 heterocycles. The molecule has 0 aromatic heterocycles. The van der Waals surface area contributed by atoms with Crippen molar-refractivity contribution in [1.82, 2.24) is 0 Å². The second kappa shape index (κ2) is 3.17. The summed E-state index contributed by atoms with van der Waals surface area (Å²) in [6.07, 6.45) is -0.244. The van der Waals surface area contributed by atoms with Gasteiger partial charge in [-0.25, -0.2) is 13.6 Å². The third-order valence-electron chi connectivity index (χ3n) is 3.07. The molecule has 16 heavy (non-hydrogen) atoms. The van der Waals surface area contributed by atoms with Gasteiger partial charge in [-0.2, -0.15) is 0 Å². The van der Waals surface area contributed by atoms with E-state index in [1.54, 1.807) is 0 Å². The largest absolute Gasteiger partial charge is 0.478 e. The molecule has 1 aliphatic carbocycles. The molecular weight excluding hydrogens is 238 g/mol. The van der Waals surface area contributed by atoms with Gasteiger partial charge in [-0.15, -0.1) is 0 Å². The Morgan fingerprint density at radius 2 is 2.06 bits per heavy atom. The zero-order valence-corrected chi connectivity index (χ0v) is 9.18. The molecule has 1 aliphatic rings. The van der Waals surface area contributed by atoms with Crippen LogP contribution in [0.3, 0.4) is 0 Å². The Bertz CT molecular complexity index is 473. The predicted molar refractivity (Wildman–Crippen MR) is 55.3 cm³/mol. The molecule has 0 spiro atoms. The molecule has 0 saturated heterocycles. The molecule has 1 saturated carbocycles. The molecule has 0 amide bonds. The number of alkyl halides is 2. The van der Waals surface area contributed by atoms with Crippen molar-refractivity contribution in [2.45, 2.75) is 24.7 Å². The molecule has 1 aromatic rings. The molecular formula is C11H9ClF2O2. The molecule has 1 atom stereocenters. The highest BCUT2D eigenvalue weighted by molar-refractivity contribution is 6.31. The topological polar surface area (TPSA) is 37.3 Å². The molecule has 2 nitrogen and oxygen atoms in total. The monoisotopic (exact) mass is 246 g/mol. The lowest BCUT2D eigenvalue weighted by molar-refractivity contribution is 0.0697. The maximum absolute atomic E-state index is 13.1. The van der Waals surface area contributed by atoms with Crippen LogP contribution >= 0.6 is 11.6 Å². The van der Waals surface area contributed by atoms with E-state index in [0.717, 1.165) is 0 Å². The average Bonchev–Trinajstić information content (AvgIpc) is 2.66. The van der Waals surface area contributed by atoms with Crippen molar-refractivity contribution in [1.29, 1.82) is 0 Å². The maximum atomic E-state index is 13.1. The molecule has 1 aromatic carbocycles. The van der Waals surface area contributed by atoms with E-state index in [9.17, 15) is 13.6 Å². The Kier molecular flexibility index (Phi) is 2.24.